The van der Waals surface area contributed by atoms with E-state index in [1.54, 1.807) is 36.5 Å². The number of anilines is 2. The summed E-state index contributed by atoms with van der Waals surface area (Å²) in [4.78, 5) is 45.1. The van der Waals surface area contributed by atoms with Crippen LogP contribution in [0.4, 0.5) is 11.5 Å². The predicted octanol–water partition coefficient (Wildman–Crippen LogP) is 4.49. The summed E-state index contributed by atoms with van der Waals surface area (Å²) in [6, 6.07) is 20.0. The van der Waals surface area contributed by atoms with Crippen molar-refractivity contribution in [3.8, 4) is 0 Å². The second-order valence-corrected chi connectivity index (χ2v) is 8.98. The van der Waals surface area contributed by atoms with Crippen molar-refractivity contribution in [2.24, 2.45) is 11.7 Å². The zero-order valence-electron chi connectivity index (χ0n) is 20.6. The van der Waals surface area contributed by atoms with E-state index in [1.807, 2.05) is 64.1 Å². The van der Waals surface area contributed by atoms with E-state index >= 15 is 0 Å². The Kier molecular flexibility index (Phi) is 8.02. The molecule has 1 aromatic heterocycles. The minimum absolute atomic E-state index is 0.0708. The Morgan fingerprint density at radius 1 is 0.914 bits per heavy atom. The van der Waals surface area contributed by atoms with E-state index < -0.39 is 11.4 Å². The maximum absolute atomic E-state index is 13.8. The van der Waals surface area contributed by atoms with Crippen LogP contribution in [0.2, 0.25) is 0 Å². The molecule has 35 heavy (non-hydrogen) atoms. The van der Waals surface area contributed by atoms with Crippen molar-refractivity contribution in [1.82, 2.24) is 4.98 Å². The molecule has 3 N–H and O–H groups in total. The van der Waals surface area contributed by atoms with Gasteiger partial charge in [-0.2, -0.15) is 0 Å². The molecule has 1 heterocycles. The van der Waals surface area contributed by atoms with Crippen LogP contribution in [0, 0.1) is 19.8 Å². The SMILES string of the molecule is Cc1ccc(N(C(=O)CCC(=O)Nc2ccccn2)C(C(N)=O)(c2ccc(C)cc2)C(C)C)cc1. The van der Waals surface area contributed by atoms with E-state index in [-0.39, 0.29) is 30.6 Å². The van der Waals surface area contributed by atoms with Gasteiger partial charge in [-0.15, -0.1) is 0 Å². The highest BCUT2D eigenvalue weighted by molar-refractivity contribution is 6.05. The average molecular weight is 473 g/mol. The molecule has 0 bridgehead atoms. The Hall–Kier alpha value is -4.00. The Bertz CT molecular complexity index is 1180. The van der Waals surface area contributed by atoms with Crippen LogP contribution in [-0.4, -0.2) is 22.7 Å². The van der Waals surface area contributed by atoms with Gasteiger partial charge in [0, 0.05) is 24.7 Å². The number of nitrogens with two attached hydrogens (primary N) is 1. The molecule has 7 nitrogen and oxygen atoms in total. The highest BCUT2D eigenvalue weighted by Crippen LogP contribution is 2.40. The Balaban J connectivity index is 2.02. The number of carbonyl (C=O) groups excluding carboxylic acids is 3. The van der Waals surface area contributed by atoms with Crippen LogP contribution < -0.4 is 16.0 Å². The summed E-state index contributed by atoms with van der Waals surface area (Å²) in [6.07, 6.45) is 1.39. The third-order valence-corrected chi connectivity index (χ3v) is 6.10. The molecule has 0 spiro atoms. The number of benzene rings is 2. The maximum Gasteiger partial charge on any atom is 0.248 e. The van der Waals surface area contributed by atoms with Crippen LogP contribution in [0.15, 0.2) is 72.9 Å². The highest BCUT2D eigenvalue weighted by atomic mass is 16.2. The fourth-order valence-electron chi connectivity index (χ4n) is 4.28. The number of nitrogens with one attached hydrogen (secondary N) is 1. The first-order valence-corrected chi connectivity index (χ1v) is 11.6. The third kappa shape index (κ3) is 5.57. The molecule has 1 unspecified atom stereocenters. The molecule has 0 saturated heterocycles. The van der Waals surface area contributed by atoms with Gasteiger partial charge in [-0.1, -0.05) is 67.4 Å². The van der Waals surface area contributed by atoms with Crippen LogP contribution in [-0.2, 0) is 19.9 Å². The predicted molar refractivity (Wildman–Crippen MR) is 138 cm³/mol. The molecule has 2 aromatic carbocycles. The summed E-state index contributed by atoms with van der Waals surface area (Å²) in [7, 11) is 0. The Morgan fingerprint density at radius 3 is 2.03 bits per heavy atom. The second kappa shape index (κ2) is 11.0. The van der Waals surface area contributed by atoms with Crippen molar-refractivity contribution in [1.29, 1.82) is 0 Å². The van der Waals surface area contributed by atoms with Crippen LogP contribution in [0.5, 0.6) is 0 Å². The Labute approximate surface area is 206 Å². The average Bonchev–Trinajstić information content (AvgIpc) is 2.82. The minimum Gasteiger partial charge on any atom is -0.367 e. The fraction of sp³-hybridized carbons (Fsp3) is 0.286. The van der Waals surface area contributed by atoms with Crippen molar-refractivity contribution in [2.45, 2.75) is 46.1 Å². The minimum atomic E-state index is -1.45. The second-order valence-electron chi connectivity index (χ2n) is 8.98. The molecule has 0 fully saturated rings. The Morgan fingerprint density at radius 2 is 1.51 bits per heavy atom. The number of nitrogens with zero attached hydrogens (tertiary/aromatic N) is 2. The molecular formula is C28H32N4O3. The highest BCUT2D eigenvalue weighted by Gasteiger charge is 2.50. The van der Waals surface area contributed by atoms with Crippen molar-refractivity contribution in [3.63, 3.8) is 0 Å². The van der Waals surface area contributed by atoms with Gasteiger partial charge in [0.15, 0.2) is 5.54 Å². The summed E-state index contributed by atoms with van der Waals surface area (Å²) in [5, 5.41) is 2.69. The summed E-state index contributed by atoms with van der Waals surface area (Å²) < 4.78 is 0. The quantitative estimate of drug-likeness (QED) is 0.479. The van der Waals surface area contributed by atoms with E-state index in [1.165, 1.54) is 4.90 Å². The van der Waals surface area contributed by atoms with Gasteiger partial charge in [0.05, 0.1) is 0 Å². The zero-order valence-corrected chi connectivity index (χ0v) is 20.6. The molecule has 0 aliphatic rings. The van der Waals surface area contributed by atoms with E-state index in [9.17, 15) is 14.4 Å². The van der Waals surface area contributed by atoms with Gasteiger partial charge in [-0.25, -0.2) is 4.98 Å². The number of hydrogen-bond acceptors (Lipinski definition) is 4. The van der Waals surface area contributed by atoms with Crippen molar-refractivity contribution in [3.05, 3.63) is 89.6 Å². The number of primary amides is 1. The summed E-state index contributed by atoms with van der Waals surface area (Å²) in [5.41, 5.74) is 7.84. The molecule has 7 heteroatoms. The molecule has 1 atom stereocenters. The first kappa shape index (κ1) is 25.6. The number of aryl methyl sites for hydroxylation is 2. The van der Waals surface area contributed by atoms with Crippen LogP contribution in [0.3, 0.4) is 0 Å². The molecule has 3 aromatic rings. The van der Waals surface area contributed by atoms with Crippen molar-refractivity contribution >= 4 is 29.2 Å². The smallest absolute Gasteiger partial charge is 0.248 e. The summed E-state index contributed by atoms with van der Waals surface area (Å²) in [6.45, 7) is 7.63. The van der Waals surface area contributed by atoms with Gasteiger partial charge >= 0.3 is 0 Å². The van der Waals surface area contributed by atoms with Gasteiger partial charge in [0.25, 0.3) is 0 Å². The van der Waals surface area contributed by atoms with E-state index in [2.05, 4.69) is 10.3 Å². The van der Waals surface area contributed by atoms with E-state index in [4.69, 9.17) is 5.73 Å². The van der Waals surface area contributed by atoms with E-state index in [0.29, 0.717) is 17.1 Å². The number of hydrogen-bond donors (Lipinski definition) is 2. The van der Waals surface area contributed by atoms with Crippen molar-refractivity contribution < 1.29 is 14.4 Å². The monoisotopic (exact) mass is 472 g/mol. The van der Waals surface area contributed by atoms with Crippen LogP contribution in [0.25, 0.3) is 0 Å². The van der Waals surface area contributed by atoms with Crippen LogP contribution >= 0.6 is 0 Å². The van der Waals surface area contributed by atoms with Gasteiger partial charge in [0.2, 0.25) is 17.7 Å². The summed E-state index contributed by atoms with van der Waals surface area (Å²) in [5.74, 6) is -1.30. The first-order valence-electron chi connectivity index (χ1n) is 11.6. The number of rotatable bonds is 9. The number of aromatic nitrogens is 1. The normalized spacial score (nSPS) is 12.6. The van der Waals surface area contributed by atoms with E-state index in [0.717, 1.165) is 11.1 Å². The standard InChI is InChI=1S/C28H32N4O3/c1-19(2)28(27(29)35,22-12-8-20(3)9-13-22)32(23-14-10-21(4)11-15-23)26(34)17-16-25(33)31-24-7-5-6-18-30-24/h5-15,18-19H,16-17H2,1-4H3,(H2,29,35)(H,30,31,33). The maximum atomic E-state index is 13.8. The fourth-order valence-corrected chi connectivity index (χ4v) is 4.28. The van der Waals surface area contributed by atoms with Gasteiger partial charge in [-0.05, 0) is 49.6 Å². The zero-order chi connectivity index (χ0) is 25.6. The van der Waals surface area contributed by atoms with Crippen molar-refractivity contribution in [2.75, 3.05) is 10.2 Å². The summed E-state index contributed by atoms with van der Waals surface area (Å²) >= 11 is 0. The van der Waals surface area contributed by atoms with Gasteiger partial charge < -0.3 is 11.1 Å². The molecule has 0 aliphatic carbocycles. The topological polar surface area (TPSA) is 105 Å². The lowest BCUT2D eigenvalue weighted by Gasteiger charge is -2.45. The molecule has 0 saturated carbocycles. The molecular weight excluding hydrogens is 440 g/mol. The third-order valence-electron chi connectivity index (χ3n) is 6.10. The number of pyridine rings is 1. The molecule has 0 aliphatic heterocycles. The number of amides is 3. The lowest BCUT2D eigenvalue weighted by atomic mass is 9.76. The van der Waals surface area contributed by atoms with Gasteiger partial charge in [-0.3, -0.25) is 19.3 Å². The molecule has 182 valence electrons. The molecule has 0 radical (unpaired) electrons. The lowest BCUT2D eigenvalue weighted by Crippen LogP contribution is -2.60. The van der Waals surface area contributed by atoms with Gasteiger partial charge in [0.1, 0.15) is 5.82 Å². The van der Waals surface area contributed by atoms with Crippen LogP contribution in [0.1, 0.15) is 43.4 Å². The molecule has 3 amide bonds. The lowest BCUT2D eigenvalue weighted by molar-refractivity contribution is -0.131. The first-order chi connectivity index (χ1) is 16.7. The largest absolute Gasteiger partial charge is 0.367 e. The number of carbonyl (C=O) groups is 3. The molecule has 3 rings (SSSR count).